The van der Waals surface area contributed by atoms with E-state index in [1.165, 1.54) is 19.1 Å². The van der Waals surface area contributed by atoms with Gasteiger partial charge in [0.1, 0.15) is 24.7 Å². The lowest BCUT2D eigenvalue weighted by Crippen LogP contribution is -2.60. The third-order valence-corrected chi connectivity index (χ3v) is 12.9. The van der Waals surface area contributed by atoms with Crippen LogP contribution in [0.1, 0.15) is 82.3 Å². The van der Waals surface area contributed by atoms with Crippen molar-refractivity contribution in [2.75, 3.05) is 52.6 Å². The van der Waals surface area contributed by atoms with Gasteiger partial charge in [0.15, 0.2) is 5.60 Å². The Hall–Kier alpha value is -6.66. The summed E-state index contributed by atoms with van der Waals surface area (Å²) in [6.07, 6.45) is 4.60. The zero-order valence-electron chi connectivity index (χ0n) is 42.5. The van der Waals surface area contributed by atoms with Gasteiger partial charge in [0.2, 0.25) is 29.4 Å². The maximum atomic E-state index is 14.8. The third-order valence-electron chi connectivity index (χ3n) is 11.6. The van der Waals surface area contributed by atoms with Gasteiger partial charge >= 0.3 is 6.16 Å². The molecule has 0 aliphatic carbocycles. The first kappa shape index (κ1) is 58.9. The Labute approximate surface area is 428 Å². The van der Waals surface area contributed by atoms with Crippen LogP contribution >= 0.6 is 0 Å². The number of benzene rings is 3. The van der Waals surface area contributed by atoms with E-state index < -0.39 is 87.0 Å². The van der Waals surface area contributed by atoms with Crippen molar-refractivity contribution in [3.05, 3.63) is 102 Å². The highest BCUT2D eigenvalue weighted by atomic mass is 32.2. The van der Waals surface area contributed by atoms with Crippen molar-refractivity contribution in [3.8, 4) is 12.3 Å². The van der Waals surface area contributed by atoms with Crippen LogP contribution in [0, 0.1) is 24.2 Å². The Kier molecular flexibility index (Phi) is 23.5. The van der Waals surface area contributed by atoms with Gasteiger partial charge in [-0.1, -0.05) is 100 Å². The van der Waals surface area contributed by atoms with E-state index >= 15 is 0 Å². The van der Waals surface area contributed by atoms with Crippen LogP contribution in [0.25, 0.3) is 0 Å². The number of hydrogen-bond acceptors (Lipinski definition) is 14. The molecule has 4 rings (SSSR count). The fourth-order valence-corrected chi connectivity index (χ4v) is 8.88. The van der Waals surface area contributed by atoms with Gasteiger partial charge in [-0.2, -0.15) is 8.42 Å². The molecule has 0 bridgehead atoms. The molecule has 1 heterocycles. The first-order valence-electron chi connectivity index (χ1n) is 24.4. The summed E-state index contributed by atoms with van der Waals surface area (Å²) < 4.78 is 48.4. The van der Waals surface area contributed by atoms with E-state index in [-0.39, 0.29) is 68.7 Å². The predicted octanol–water partition coefficient (Wildman–Crippen LogP) is 3.49. The molecule has 5 amide bonds. The van der Waals surface area contributed by atoms with E-state index in [9.17, 15) is 42.0 Å². The molecule has 73 heavy (non-hydrogen) atoms. The van der Waals surface area contributed by atoms with Crippen LogP contribution in [0.3, 0.4) is 0 Å². The number of morpholine rings is 1. The molecule has 0 saturated carbocycles. The number of carbonyl (C=O) groups is 7. The summed E-state index contributed by atoms with van der Waals surface area (Å²) in [7, 11) is -4.74. The Morgan fingerprint density at radius 1 is 0.753 bits per heavy atom. The Morgan fingerprint density at radius 3 is 1.95 bits per heavy atom. The molecule has 1 aliphatic heterocycles. The number of nitrogens with one attached hydrogen (secondary N) is 5. The molecule has 3 aromatic rings. The number of aryl methyl sites for hydroxylation is 1. The predicted molar refractivity (Wildman–Crippen MR) is 271 cm³/mol. The SMILES string of the molecule is C#CCNC(=O)c1cccc(S(=O)(=O)OCC(C)(OC(=O)OCC)C(=O)[C@H](CC(C)C)NC(=O)[C@H](Cc2ccccc2)NC(=O)C(CC(C)C)NC(=O)[C@H](CCc2ccccc2)NC(=O)CN2CCOCC2)c1. The number of carbonyl (C=O) groups excluding carboxylic acids is 7. The number of Topliss-reactive ketones (excluding diaryl/α,β-unsaturated/α-hetero) is 1. The Balaban J connectivity index is 1.62. The summed E-state index contributed by atoms with van der Waals surface area (Å²) in [6.45, 7) is 10.6. The molecule has 3 aromatic carbocycles. The van der Waals surface area contributed by atoms with Crippen LogP contribution in [-0.4, -0.2) is 137 Å². The molecule has 1 aliphatic rings. The Bertz CT molecular complexity index is 2480. The van der Waals surface area contributed by atoms with Crippen molar-refractivity contribution in [2.24, 2.45) is 11.8 Å². The number of amides is 5. The summed E-state index contributed by atoms with van der Waals surface area (Å²) >= 11 is 0. The van der Waals surface area contributed by atoms with E-state index in [4.69, 9.17) is 24.8 Å². The second kappa shape index (κ2) is 29.1. The van der Waals surface area contributed by atoms with Gasteiger partial charge in [0.25, 0.3) is 16.0 Å². The fraction of sp³-hybridized carbons (Fsp3) is 0.491. The molecular formula is C53H70N6O13S. The minimum absolute atomic E-state index is 0.0480. The quantitative estimate of drug-likeness (QED) is 0.0397. The summed E-state index contributed by atoms with van der Waals surface area (Å²) in [4.78, 5) is 98.4. The molecule has 0 aromatic heterocycles. The number of rotatable bonds is 28. The zero-order valence-corrected chi connectivity index (χ0v) is 43.3. The lowest BCUT2D eigenvalue weighted by atomic mass is 9.90. The molecular weight excluding hydrogens is 961 g/mol. The number of terminal acetylenes is 1. The summed E-state index contributed by atoms with van der Waals surface area (Å²) in [5.41, 5.74) is -0.884. The second-order valence-corrected chi connectivity index (χ2v) is 20.3. The molecule has 0 radical (unpaired) electrons. The van der Waals surface area contributed by atoms with Crippen molar-refractivity contribution in [1.82, 2.24) is 31.5 Å². The van der Waals surface area contributed by atoms with E-state index in [0.29, 0.717) is 38.3 Å². The van der Waals surface area contributed by atoms with Crippen LogP contribution in [0.15, 0.2) is 89.8 Å². The van der Waals surface area contributed by atoms with Gasteiger partial charge in [-0.25, -0.2) is 4.79 Å². The molecule has 396 valence electrons. The van der Waals surface area contributed by atoms with Gasteiger partial charge in [0, 0.05) is 25.1 Å². The van der Waals surface area contributed by atoms with Gasteiger partial charge in [-0.3, -0.25) is 37.9 Å². The van der Waals surface area contributed by atoms with Crippen LogP contribution < -0.4 is 26.6 Å². The molecule has 19 nitrogen and oxygen atoms in total. The van der Waals surface area contributed by atoms with Crippen molar-refractivity contribution in [1.29, 1.82) is 0 Å². The minimum Gasteiger partial charge on any atom is -0.435 e. The van der Waals surface area contributed by atoms with Crippen molar-refractivity contribution >= 4 is 51.6 Å². The average Bonchev–Trinajstić information content (AvgIpc) is 3.36. The second-order valence-electron chi connectivity index (χ2n) is 18.7. The lowest BCUT2D eigenvalue weighted by Gasteiger charge is -2.32. The molecule has 1 fully saturated rings. The lowest BCUT2D eigenvalue weighted by molar-refractivity contribution is -0.146. The van der Waals surface area contributed by atoms with Gasteiger partial charge in [-0.15, -0.1) is 6.42 Å². The number of hydrogen-bond donors (Lipinski definition) is 5. The summed E-state index contributed by atoms with van der Waals surface area (Å²) in [5.74, 6) is -2.28. The van der Waals surface area contributed by atoms with Crippen molar-refractivity contribution in [3.63, 3.8) is 0 Å². The van der Waals surface area contributed by atoms with E-state index in [0.717, 1.165) is 24.6 Å². The minimum atomic E-state index is -4.74. The third kappa shape index (κ3) is 19.7. The topological polar surface area (TPSA) is 254 Å². The van der Waals surface area contributed by atoms with Gasteiger partial charge < -0.3 is 40.8 Å². The first-order chi connectivity index (χ1) is 34.7. The molecule has 5 N–H and O–H groups in total. The molecule has 0 spiro atoms. The highest BCUT2D eigenvalue weighted by Gasteiger charge is 2.45. The van der Waals surface area contributed by atoms with Crippen LogP contribution in [0.5, 0.6) is 0 Å². The van der Waals surface area contributed by atoms with Crippen molar-refractivity contribution in [2.45, 2.75) is 108 Å². The fourth-order valence-electron chi connectivity index (χ4n) is 7.84. The van der Waals surface area contributed by atoms with Gasteiger partial charge in [0.05, 0.1) is 43.8 Å². The highest BCUT2D eigenvalue weighted by Crippen LogP contribution is 2.24. The largest absolute Gasteiger partial charge is 0.509 e. The van der Waals surface area contributed by atoms with E-state index in [2.05, 4.69) is 32.5 Å². The van der Waals surface area contributed by atoms with Crippen LogP contribution in [0.4, 0.5) is 4.79 Å². The normalized spacial score (nSPS) is 15.3. The Morgan fingerprint density at radius 2 is 1.33 bits per heavy atom. The molecule has 2 unspecified atom stereocenters. The molecule has 20 heteroatoms. The first-order valence-corrected chi connectivity index (χ1v) is 25.8. The van der Waals surface area contributed by atoms with Gasteiger partial charge in [-0.05, 0) is 80.7 Å². The standard InChI is InChI=1S/C53H70N6O13S/c1-8-25-54-48(62)40-21-16-22-41(33-40)73(67,68)71-35-53(7,72-52(66)70-9-2)47(61)43(30-36(3)4)56-51(65)45(32-39-19-14-11-15-20-39)58-50(64)44(31-37(5)6)57-49(63)42(24-23-38-17-12-10-13-18-38)55-46(60)34-59-26-28-69-29-27-59/h1,10-22,33,36-37,42-45H,9,23-32,34-35H2,2-7H3,(H,54,62)(H,55,60)(H,56,65)(H,57,63)(H,58,64)/t42-,43-,44?,45-,53?/m0/s1. The number of ether oxygens (including phenoxy) is 3. The maximum absolute atomic E-state index is 14.8. The van der Waals surface area contributed by atoms with E-state index in [1.807, 2.05) is 49.1 Å². The number of ketones is 1. The van der Waals surface area contributed by atoms with Crippen LogP contribution in [-0.2, 0) is 65.3 Å². The summed E-state index contributed by atoms with van der Waals surface area (Å²) in [6, 6.07) is 18.1. The van der Waals surface area contributed by atoms with E-state index in [1.54, 1.807) is 44.2 Å². The molecule has 5 atom stereocenters. The van der Waals surface area contributed by atoms with Crippen molar-refractivity contribution < 1.29 is 60.4 Å². The zero-order chi connectivity index (χ0) is 53.6. The number of nitrogens with zero attached hydrogens (tertiary/aromatic N) is 1. The van der Waals surface area contributed by atoms with Crippen LogP contribution in [0.2, 0.25) is 0 Å². The smallest absolute Gasteiger partial charge is 0.435 e. The molecule has 1 saturated heterocycles. The average molecular weight is 1030 g/mol. The monoisotopic (exact) mass is 1030 g/mol. The summed E-state index contributed by atoms with van der Waals surface area (Å²) in [5, 5.41) is 13.7. The maximum Gasteiger partial charge on any atom is 0.509 e. The highest BCUT2D eigenvalue weighted by molar-refractivity contribution is 7.86.